The number of hydrogen-bond acceptors (Lipinski definition) is 4. The Morgan fingerprint density at radius 1 is 1.22 bits per heavy atom. The molecular weight excluding hydrogens is 224 g/mol. The van der Waals surface area contributed by atoms with Crippen molar-refractivity contribution in [2.24, 2.45) is 11.7 Å². The Kier molecular flexibility index (Phi) is 3.85. The molecule has 4 heteroatoms. The topological polar surface area (TPSA) is 55.0 Å². The molecule has 18 heavy (non-hydrogen) atoms. The maximum Gasteiger partial charge on any atom is 0.156 e. The summed E-state index contributed by atoms with van der Waals surface area (Å²) in [6.45, 7) is 10.3. The van der Waals surface area contributed by atoms with Gasteiger partial charge in [-0.2, -0.15) is 5.10 Å². The Labute approximate surface area is 110 Å². The maximum atomic E-state index is 5.91. The van der Waals surface area contributed by atoms with Gasteiger partial charge in [-0.25, -0.2) is 0 Å². The molecule has 0 spiro atoms. The fourth-order valence-corrected chi connectivity index (χ4v) is 2.70. The van der Waals surface area contributed by atoms with E-state index in [1.807, 2.05) is 6.92 Å². The predicted octanol–water partition coefficient (Wildman–Crippen LogP) is 2.18. The molecule has 1 aromatic rings. The molecule has 2 heterocycles. The number of aromatic nitrogens is 2. The summed E-state index contributed by atoms with van der Waals surface area (Å²) in [5, 5.41) is 8.69. The van der Waals surface area contributed by atoms with E-state index in [0.717, 1.165) is 29.5 Å². The molecule has 1 saturated heterocycles. The average molecular weight is 248 g/mol. The van der Waals surface area contributed by atoms with Gasteiger partial charge in [0.15, 0.2) is 5.82 Å². The highest BCUT2D eigenvalue weighted by atomic mass is 15.3. The van der Waals surface area contributed by atoms with Gasteiger partial charge in [-0.1, -0.05) is 6.92 Å². The van der Waals surface area contributed by atoms with E-state index in [4.69, 9.17) is 5.73 Å². The van der Waals surface area contributed by atoms with Gasteiger partial charge in [-0.3, -0.25) is 0 Å². The lowest BCUT2D eigenvalue weighted by Crippen LogP contribution is -2.42. The predicted molar refractivity (Wildman–Crippen MR) is 74.6 cm³/mol. The maximum absolute atomic E-state index is 5.91. The lowest BCUT2D eigenvalue weighted by atomic mass is 9.94. The number of rotatable bonds is 2. The van der Waals surface area contributed by atoms with Gasteiger partial charge in [-0.15, -0.1) is 5.10 Å². The van der Waals surface area contributed by atoms with E-state index in [-0.39, 0.29) is 0 Å². The van der Waals surface area contributed by atoms with Crippen LogP contribution in [-0.2, 0) is 6.54 Å². The monoisotopic (exact) mass is 248 g/mol. The lowest BCUT2D eigenvalue weighted by molar-refractivity contribution is 0.386. The first-order valence-corrected chi connectivity index (χ1v) is 6.84. The third-order valence-electron chi connectivity index (χ3n) is 4.15. The van der Waals surface area contributed by atoms with Gasteiger partial charge in [0.25, 0.3) is 0 Å². The first-order valence-electron chi connectivity index (χ1n) is 6.84. The average Bonchev–Trinajstić information content (AvgIpc) is 2.35. The highest BCUT2D eigenvalue weighted by Crippen LogP contribution is 2.29. The second kappa shape index (κ2) is 5.22. The van der Waals surface area contributed by atoms with E-state index in [0.29, 0.717) is 12.6 Å². The largest absolute Gasteiger partial charge is 0.352 e. The van der Waals surface area contributed by atoms with Crippen molar-refractivity contribution >= 4 is 5.82 Å². The van der Waals surface area contributed by atoms with Crippen LogP contribution in [0.4, 0.5) is 5.82 Å². The molecule has 0 aliphatic carbocycles. The summed E-state index contributed by atoms with van der Waals surface area (Å²) >= 11 is 0. The van der Waals surface area contributed by atoms with Crippen molar-refractivity contribution in [1.82, 2.24) is 10.2 Å². The Hall–Kier alpha value is -1.16. The lowest BCUT2D eigenvalue weighted by Gasteiger charge is -2.38. The zero-order valence-corrected chi connectivity index (χ0v) is 11.9. The van der Waals surface area contributed by atoms with Crippen LogP contribution < -0.4 is 10.6 Å². The minimum atomic E-state index is 0.530. The van der Waals surface area contributed by atoms with Gasteiger partial charge < -0.3 is 10.6 Å². The van der Waals surface area contributed by atoms with Crippen LogP contribution in [0.5, 0.6) is 0 Å². The van der Waals surface area contributed by atoms with Gasteiger partial charge in [0.1, 0.15) is 0 Å². The highest BCUT2D eigenvalue weighted by Gasteiger charge is 2.26. The fraction of sp³-hybridized carbons (Fsp3) is 0.714. The van der Waals surface area contributed by atoms with Crippen molar-refractivity contribution in [1.29, 1.82) is 0 Å². The number of hydrogen-bond donors (Lipinski definition) is 1. The van der Waals surface area contributed by atoms with E-state index in [1.165, 1.54) is 18.4 Å². The molecule has 2 atom stereocenters. The first-order chi connectivity index (χ1) is 8.54. The third-order valence-corrected chi connectivity index (χ3v) is 4.15. The van der Waals surface area contributed by atoms with Crippen molar-refractivity contribution in [3.05, 3.63) is 16.8 Å². The standard InChI is InChI=1S/C14H24N4/c1-9-5-6-10(2)18(8-9)14-13(7-15)11(3)12(4)16-17-14/h9-10H,5-8,15H2,1-4H3. The van der Waals surface area contributed by atoms with Crippen LogP contribution in [-0.4, -0.2) is 22.8 Å². The fourth-order valence-electron chi connectivity index (χ4n) is 2.70. The Morgan fingerprint density at radius 2 is 1.94 bits per heavy atom. The minimum Gasteiger partial charge on any atom is -0.352 e. The molecule has 1 aliphatic rings. The molecular formula is C14H24N4. The Balaban J connectivity index is 2.40. The second-order valence-electron chi connectivity index (χ2n) is 5.60. The molecule has 2 unspecified atom stereocenters. The van der Waals surface area contributed by atoms with Gasteiger partial charge in [0.2, 0.25) is 0 Å². The molecule has 0 aromatic carbocycles. The van der Waals surface area contributed by atoms with E-state index in [9.17, 15) is 0 Å². The van der Waals surface area contributed by atoms with E-state index < -0.39 is 0 Å². The van der Waals surface area contributed by atoms with Gasteiger partial charge >= 0.3 is 0 Å². The highest BCUT2D eigenvalue weighted by molar-refractivity contribution is 5.51. The van der Waals surface area contributed by atoms with Crippen LogP contribution in [0, 0.1) is 19.8 Å². The van der Waals surface area contributed by atoms with Crippen molar-refractivity contribution in [2.75, 3.05) is 11.4 Å². The molecule has 1 fully saturated rings. The number of nitrogens with two attached hydrogens (primary N) is 1. The molecule has 4 nitrogen and oxygen atoms in total. The van der Waals surface area contributed by atoms with Gasteiger partial charge in [-0.05, 0) is 45.1 Å². The third kappa shape index (κ3) is 2.34. The molecule has 2 N–H and O–H groups in total. The van der Waals surface area contributed by atoms with E-state index in [1.54, 1.807) is 0 Å². The first kappa shape index (κ1) is 13.3. The van der Waals surface area contributed by atoms with Crippen LogP contribution >= 0.6 is 0 Å². The van der Waals surface area contributed by atoms with E-state index >= 15 is 0 Å². The molecule has 1 aromatic heterocycles. The van der Waals surface area contributed by atoms with Gasteiger partial charge in [0.05, 0.1) is 5.69 Å². The minimum absolute atomic E-state index is 0.530. The summed E-state index contributed by atoms with van der Waals surface area (Å²) in [4.78, 5) is 2.38. The van der Waals surface area contributed by atoms with E-state index in [2.05, 4.69) is 35.9 Å². The quantitative estimate of drug-likeness (QED) is 0.871. The second-order valence-corrected chi connectivity index (χ2v) is 5.60. The molecule has 100 valence electrons. The summed E-state index contributed by atoms with van der Waals surface area (Å²) in [7, 11) is 0. The molecule has 2 rings (SSSR count). The van der Waals surface area contributed by atoms with Crippen molar-refractivity contribution < 1.29 is 0 Å². The zero-order chi connectivity index (χ0) is 13.3. The summed E-state index contributed by atoms with van der Waals surface area (Å²) in [6, 6.07) is 0.530. The van der Waals surface area contributed by atoms with Crippen LogP contribution in [0.2, 0.25) is 0 Å². The van der Waals surface area contributed by atoms with Crippen molar-refractivity contribution in [2.45, 2.75) is 53.1 Å². The SMILES string of the molecule is Cc1nnc(N2CC(C)CCC2C)c(CN)c1C. The van der Waals surface area contributed by atoms with Crippen molar-refractivity contribution in [3.8, 4) is 0 Å². The number of nitrogens with zero attached hydrogens (tertiary/aromatic N) is 3. The summed E-state index contributed by atoms with van der Waals surface area (Å²) < 4.78 is 0. The molecule has 0 amide bonds. The molecule has 0 saturated carbocycles. The van der Waals surface area contributed by atoms with Crippen molar-refractivity contribution in [3.63, 3.8) is 0 Å². The normalized spacial score (nSPS) is 24.4. The smallest absolute Gasteiger partial charge is 0.156 e. The number of aryl methyl sites for hydroxylation is 1. The zero-order valence-electron chi connectivity index (χ0n) is 11.9. The Bertz CT molecular complexity index is 430. The van der Waals surface area contributed by atoms with Crippen LogP contribution in [0.15, 0.2) is 0 Å². The number of anilines is 1. The number of piperidine rings is 1. The molecule has 0 bridgehead atoms. The van der Waals surface area contributed by atoms with Crippen LogP contribution in [0.3, 0.4) is 0 Å². The summed E-state index contributed by atoms with van der Waals surface area (Å²) in [5.74, 6) is 1.72. The summed E-state index contributed by atoms with van der Waals surface area (Å²) in [5.41, 5.74) is 9.24. The van der Waals surface area contributed by atoms with Crippen LogP contribution in [0.1, 0.15) is 43.5 Å². The summed E-state index contributed by atoms with van der Waals surface area (Å²) in [6.07, 6.45) is 2.52. The molecule has 1 aliphatic heterocycles. The Morgan fingerprint density at radius 3 is 2.61 bits per heavy atom. The van der Waals surface area contributed by atoms with Gasteiger partial charge in [0, 0.05) is 24.7 Å². The van der Waals surface area contributed by atoms with Crippen LogP contribution in [0.25, 0.3) is 0 Å². The molecule has 0 radical (unpaired) electrons.